The number of amides is 2. The Bertz CT molecular complexity index is 942. The van der Waals surface area contributed by atoms with Crippen molar-refractivity contribution in [2.24, 2.45) is 0 Å². The molecule has 3 aromatic rings. The van der Waals surface area contributed by atoms with Gasteiger partial charge in [0.15, 0.2) is 0 Å². The van der Waals surface area contributed by atoms with E-state index in [4.69, 9.17) is 4.74 Å². The zero-order chi connectivity index (χ0) is 19.1. The molecule has 0 aliphatic carbocycles. The van der Waals surface area contributed by atoms with Crippen molar-refractivity contribution in [1.29, 1.82) is 0 Å². The predicted molar refractivity (Wildman–Crippen MR) is 104 cm³/mol. The fourth-order valence-electron chi connectivity index (χ4n) is 2.52. The van der Waals surface area contributed by atoms with Crippen LogP contribution in [0, 0.1) is 0 Å². The van der Waals surface area contributed by atoms with Gasteiger partial charge in [-0.3, -0.25) is 9.59 Å². The van der Waals surface area contributed by atoms with Gasteiger partial charge in [0.1, 0.15) is 11.6 Å². The van der Waals surface area contributed by atoms with Crippen LogP contribution in [0.5, 0.6) is 5.75 Å². The molecule has 0 aliphatic heterocycles. The molecule has 0 atom stereocenters. The van der Waals surface area contributed by atoms with Crippen LogP contribution in [0.2, 0.25) is 0 Å². The van der Waals surface area contributed by atoms with Crippen molar-refractivity contribution in [2.45, 2.75) is 6.92 Å². The molecule has 0 aliphatic rings. The van der Waals surface area contributed by atoms with Gasteiger partial charge in [0.2, 0.25) is 0 Å². The SMILES string of the molecule is CCOc1ccccc1C(=O)Nc1ncccc1C(=O)Nc1ccccc1. The van der Waals surface area contributed by atoms with Gasteiger partial charge in [-0.05, 0) is 43.3 Å². The first kappa shape index (κ1) is 18.1. The van der Waals surface area contributed by atoms with Crippen LogP contribution in [0.3, 0.4) is 0 Å². The van der Waals surface area contributed by atoms with E-state index in [-0.39, 0.29) is 17.3 Å². The highest BCUT2D eigenvalue weighted by Gasteiger charge is 2.17. The van der Waals surface area contributed by atoms with Gasteiger partial charge < -0.3 is 15.4 Å². The summed E-state index contributed by atoms with van der Waals surface area (Å²) in [6.45, 7) is 2.29. The van der Waals surface area contributed by atoms with Crippen molar-refractivity contribution >= 4 is 23.3 Å². The normalized spacial score (nSPS) is 10.1. The van der Waals surface area contributed by atoms with Crippen LogP contribution in [0.25, 0.3) is 0 Å². The largest absolute Gasteiger partial charge is 0.493 e. The maximum Gasteiger partial charge on any atom is 0.260 e. The first-order valence-electron chi connectivity index (χ1n) is 8.53. The third-order valence-electron chi connectivity index (χ3n) is 3.75. The Kier molecular flexibility index (Phi) is 5.79. The lowest BCUT2D eigenvalue weighted by Crippen LogP contribution is -2.19. The zero-order valence-electron chi connectivity index (χ0n) is 14.8. The maximum absolute atomic E-state index is 12.7. The number of para-hydroxylation sites is 2. The number of nitrogens with one attached hydrogen (secondary N) is 2. The van der Waals surface area contributed by atoms with Crippen LogP contribution in [-0.4, -0.2) is 23.4 Å². The van der Waals surface area contributed by atoms with Crippen LogP contribution in [0.1, 0.15) is 27.6 Å². The smallest absolute Gasteiger partial charge is 0.260 e. The van der Waals surface area contributed by atoms with Crippen molar-refractivity contribution < 1.29 is 14.3 Å². The number of carbonyl (C=O) groups excluding carboxylic acids is 2. The molecule has 1 heterocycles. The summed E-state index contributed by atoms with van der Waals surface area (Å²) in [5, 5.41) is 5.49. The van der Waals surface area contributed by atoms with E-state index in [1.54, 1.807) is 48.5 Å². The highest BCUT2D eigenvalue weighted by Crippen LogP contribution is 2.21. The minimum absolute atomic E-state index is 0.183. The van der Waals surface area contributed by atoms with Gasteiger partial charge in [-0.15, -0.1) is 0 Å². The van der Waals surface area contributed by atoms with Gasteiger partial charge in [0.05, 0.1) is 17.7 Å². The lowest BCUT2D eigenvalue weighted by atomic mass is 10.1. The highest BCUT2D eigenvalue weighted by atomic mass is 16.5. The topological polar surface area (TPSA) is 80.3 Å². The molecule has 0 bridgehead atoms. The first-order chi connectivity index (χ1) is 13.2. The van der Waals surface area contributed by atoms with Crippen molar-refractivity contribution in [1.82, 2.24) is 4.98 Å². The number of rotatable bonds is 6. The molecule has 0 radical (unpaired) electrons. The van der Waals surface area contributed by atoms with Gasteiger partial charge in [-0.1, -0.05) is 30.3 Å². The summed E-state index contributed by atoms with van der Waals surface area (Å²) in [4.78, 5) is 29.4. The quantitative estimate of drug-likeness (QED) is 0.696. The van der Waals surface area contributed by atoms with E-state index in [1.807, 2.05) is 25.1 Å². The fraction of sp³-hybridized carbons (Fsp3) is 0.0952. The first-order valence-corrected chi connectivity index (χ1v) is 8.53. The lowest BCUT2D eigenvalue weighted by molar-refractivity contribution is 0.102. The lowest BCUT2D eigenvalue weighted by Gasteiger charge is -2.12. The summed E-state index contributed by atoms with van der Waals surface area (Å²) in [6.07, 6.45) is 1.52. The molecule has 2 aromatic carbocycles. The average molecular weight is 361 g/mol. The molecule has 6 heteroatoms. The molecule has 6 nitrogen and oxygen atoms in total. The fourth-order valence-corrected chi connectivity index (χ4v) is 2.52. The van der Waals surface area contributed by atoms with Gasteiger partial charge in [-0.25, -0.2) is 4.98 Å². The van der Waals surface area contributed by atoms with Crippen molar-refractivity contribution in [2.75, 3.05) is 17.2 Å². The second-order valence-electron chi connectivity index (χ2n) is 5.60. The summed E-state index contributed by atoms with van der Waals surface area (Å²) in [5.41, 5.74) is 1.30. The monoisotopic (exact) mass is 361 g/mol. The van der Waals surface area contributed by atoms with E-state index in [0.29, 0.717) is 23.6 Å². The van der Waals surface area contributed by atoms with Crippen molar-refractivity contribution in [3.8, 4) is 5.75 Å². The molecule has 0 saturated heterocycles. The van der Waals surface area contributed by atoms with Gasteiger partial charge in [-0.2, -0.15) is 0 Å². The van der Waals surface area contributed by atoms with Crippen LogP contribution in [0.4, 0.5) is 11.5 Å². The number of nitrogens with zero attached hydrogens (tertiary/aromatic N) is 1. The summed E-state index contributed by atoms with van der Waals surface area (Å²) in [7, 11) is 0. The molecular weight excluding hydrogens is 342 g/mol. The molecule has 2 amide bonds. The van der Waals surface area contributed by atoms with E-state index >= 15 is 0 Å². The minimum atomic E-state index is -0.397. The molecule has 27 heavy (non-hydrogen) atoms. The number of pyridine rings is 1. The molecule has 2 N–H and O–H groups in total. The summed E-state index contributed by atoms with van der Waals surface area (Å²) >= 11 is 0. The highest BCUT2D eigenvalue weighted by molar-refractivity contribution is 6.12. The second kappa shape index (κ2) is 8.62. The van der Waals surface area contributed by atoms with Gasteiger partial charge >= 0.3 is 0 Å². The van der Waals surface area contributed by atoms with Crippen LogP contribution in [0.15, 0.2) is 72.9 Å². The zero-order valence-corrected chi connectivity index (χ0v) is 14.8. The minimum Gasteiger partial charge on any atom is -0.493 e. The maximum atomic E-state index is 12.7. The number of hydrogen-bond donors (Lipinski definition) is 2. The molecular formula is C21H19N3O3. The number of benzene rings is 2. The van der Waals surface area contributed by atoms with E-state index < -0.39 is 5.91 Å². The number of carbonyl (C=O) groups is 2. The Hall–Kier alpha value is -3.67. The van der Waals surface area contributed by atoms with Gasteiger partial charge in [0.25, 0.3) is 11.8 Å². The van der Waals surface area contributed by atoms with Gasteiger partial charge in [0, 0.05) is 11.9 Å². The molecule has 136 valence electrons. The average Bonchev–Trinajstić information content (AvgIpc) is 2.70. The third kappa shape index (κ3) is 4.49. The Morgan fingerprint density at radius 1 is 0.852 bits per heavy atom. The van der Waals surface area contributed by atoms with E-state index in [9.17, 15) is 9.59 Å². The Balaban J connectivity index is 1.82. The standard InChI is InChI=1S/C21H19N3O3/c1-2-27-18-13-7-6-11-16(18)20(25)24-19-17(12-8-14-22-19)21(26)23-15-9-4-3-5-10-15/h3-14H,2H2,1H3,(H,23,26)(H,22,24,25). The number of hydrogen-bond acceptors (Lipinski definition) is 4. The molecule has 0 spiro atoms. The van der Waals surface area contributed by atoms with E-state index in [0.717, 1.165) is 0 Å². The molecule has 3 rings (SSSR count). The van der Waals surface area contributed by atoms with E-state index in [1.165, 1.54) is 6.20 Å². The summed E-state index contributed by atoms with van der Waals surface area (Å²) in [6, 6.07) is 19.3. The Morgan fingerprint density at radius 2 is 1.52 bits per heavy atom. The Morgan fingerprint density at radius 3 is 2.30 bits per heavy atom. The molecule has 0 saturated carbocycles. The summed E-state index contributed by atoms with van der Waals surface area (Å²) in [5.74, 6) is -0.0971. The predicted octanol–water partition coefficient (Wildman–Crippen LogP) is 3.98. The van der Waals surface area contributed by atoms with Crippen LogP contribution >= 0.6 is 0 Å². The second-order valence-corrected chi connectivity index (χ2v) is 5.60. The van der Waals surface area contributed by atoms with Crippen molar-refractivity contribution in [3.05, 3.63) is 84.1 Å². The molecule has 1 aromatic heterocycles. The number of aromatic nitrogens is 1. The third-order valence-corrected chi connectivity index (χ3v) is 3.75. The van der Waals surface area contributed by atoms with Crippen LogP contribution < -0.4 is 15.4 Å². The molecule has 0 unspecified atom stereocenters. The van der Waals surface area contributed by atoms with Crippen molar-refractivity contribution in [3.63, 3.8) is 0 Å². The molecule has 0 fully saturated rings. The Labute approximate surface area is 157 Å². The van der Waals surface area contributed by atoms with Crippen LogP contribution in [-0.2, 0) is 0 Å². The number of anilines is 2. The number of ether oxygens (including phenoxy) is 1. The van der Waals surface area contributed by atoms with E-state index in [2.05, 4.69) is 15.6 Å². The summed E-state index contributed by atoms with van der Waals surface area (Å²) < 4.78 is 5.49.